The van der Waals surface area contributed by atoms with Gasteiger partial charge in [0.15, 0.2) is 5.78 Å². The van der Waals surface area contributed by atoms with Gasteiger partial charge in [0.2, 0.25) is 0 Å². The van der Waals surface area contributed by atoms with Crippen molar-refractivity contribution in [2.24, 2.45) is 0 Å². The zero-order valence-electron chi connectivity index (χ0n) is 21.5. The van der Waals surface area contributed by atoms with Crippen LogP contribution in [-0.2, 0) is 21.4 Å². The highest BCUT2D eigenvalue weighted by Gasteiger charge is 2.35. The third-order valence-electron chi connectivity index (χ3n) is 6.01. The van der Waals surface area contributed by atoms with E-state index in [1.165, 1.54) is 22.7 Å². The van der Waals surface area contributed by atoms with E-state index in [1.807, 2.05) is 45.0 Å². The maximum absolute atomic E-state index is 12.8. The molecule has 0 bridgehead atoms. The predicted octanol–water partition coefficient (Wildman–Crippen LogP) is 5.30. The first-order valence-electron chi connectivity index (χ1n) is 11.9. The maximum Gasteiger partial charge on any atom is 0.410 e. The van der Waals surface area contributed by atoms with Crippen LogP contribution in [0.3, 0.4) is 0 Å². The fourth-order valence-electron chi connectivity index (χ4n) is 3.96. The summed E-state index contributed by atoms with van der Waals surface area (Å²) in [5, 5.41) is 0.659. The van der Waals surface area contributed by atoms with Crippen LogP contribution in [0.5, 0.6) is 0 Å². The molecule has 0 radical (unpaired) electrons. The SMILES string of the molecule is CN1c2ccc(C(=O)CCCCN(CCc3ccccc3Cl)C(=O)OC(C)(C)C)cc2N(C)S1(=O)=O. The van der Waals surface area contributed by atoms with Crippen LogP contribution in [0.1, 0.15) is 56.0 Å². The summed E-state index contributed by atoms with van der Waals surface area (Å²) in [5.41, 5.74) is 1.84. The molecule has 10 heteroatoms. The number of amides is 1. The van der Waals surface area contributed by atoms with Gasteiger partial charge in [0, 0.05) is 44.2 Å². The number of halogens is 1. The number of benzene rings is 2. The van der Waals surface area contributed by atoms with Crippen LogP contribution in [0.25, 0.3) is 0 Å². The molecule has 0 fully saturated rings. The first-order valence-corrected chi connectivity index (χ1v) is 13.7. The summed E-state index contributed by atoms with van der Waals surface area (Å²) < 4.78 is 32.6. The van der Waals surface area contributed by atoms with Gasteiger partial charge < -0.3 is 9.64 Å². The van der Waals surface area contributed by atoms with E-state index in [0.29, 0.717) is 54.3 Å². The number of hydrogen-bond donors (Lipinski definition) is 0. The fourth-order valence-corrected chi connectivity index (χ4v) is 5.35. The third kappa shape index (κ3) is 6.50. The maximum atomic E-state index is 12.8. The smallest absolute Gasteiger partial charge is 0.410 e. The number of unbranched alkanes of at least 4 members (excludes halogenated alkanes) is 1. The zero-order valence-corrected chi connectivity index (χ0v) is 23.0. The topological polar surface area (TPSA) is 87.2 Å². The largest absolute Gasteiger partial charge is 0.444 e. The van der Waals surface area contributed by atoms with Crippen LogP contribution in [-0.4, -0.2) is 58.0 Å². The number of rotatable bonds is 9. The molecule has 0 atom stereocenters. The van der Waals surface area contributed by atoms with Crippen LogP contribution in [0.15, 0.2) is 42.5 Å². The lowest BCUT2D eigenvalue weighted by molar-refractivity contribution is 0.0249. The van der Waals surface area contributed by atoms with Crippen molar-refractivity contribution in [3.8, 4) is 0 Å². The first-order chi connectivity index (χ1) is 16.8. The Balaban J connectivity index is 1.58. The molecule has 1 heterocycles. The van der Waals surface area contributed by atoms with Crippen molar-refractivity contribution in [3.63, 3.8) is 0 Å². The molecule has 0 aliphatic carbocycles. The van der Waals surface area contributed by atoms with Crippen LogP contribution in [0.2, 0.25) is 5.02 Å². The summed E-state index contributed by atoms with van der Waals surface area (Å²) in [5.74, 6) is -0.0713. The standard InChI is InChI=1S/C26H34ClN3O5S/c1-26(2,3)35-25(32)30(17-15-19-10-6-7-11-21(19)27)16-9-8-12-24(31)20-13-14-22-23(18-20)29(5)36(33,34)28(22)4/h6-7,10-11,13-14,18H,8-9,12,15-17H2,1-5H3. The highest BCUT2D eigenvalue weighted by molar-refractivity contribution is 7.94. The Labute approximate surface area is 219 Å². The lowest BCUT2D eigenvalue weighted by atomic mass is 10.0. The molecule has 36 heavy (non-hydrogen) atoms. The van der Waals surface area contributed by atoms with Gasteiger partial charge in [-0.25, -0.2) is 4.79 Å². The van der Waals surface area contributed by atoms with E-state index in [1.54, 1.807) is 23.1 Å². The quantitative estimate of drug-likeness (QED) is 0.321. The van der Waals surface area contributed by atoms with E-state index in [4.69, 9.17) is 16.3 Å². The summed E-state index contributed by atoms with van der Waals surface area (Å²) in [7, 11) is -0.628. The molecule has 0 saturated heterocycles. The van der Waals surface area contributed by atoms with E-state index in [0.717, 1.165) is 5.56 Å². The van der Waals surface area contributed by atoms with Crippen molar-refractivity contribution >= 4 is 45.1 Å². The van der Waals surface area contributed by atoms with Crippen molar-refractivity contribution in [3.05, 3.63) is 58.6 Å². The number of fused-ring (bicyclic) bond motifs is 1. The Hall–Kier alpha value is -2.78. The second-order valence-corrected chi connectivity index (χ2v) is 12.2. The number of nitrogens with zero attached hydrogens (tertiary/aromatic N) is 3. The van der Waals surface area contributed by atoms with Gasteiger partial charge >= 0.3 is 16.3 Å². The summed E-state index contributed by atoms with van der Waals surface area (Å²) >= 11 is 6.27. The van der Waals surface area contributed by atoms with Crippen LogP contribution in [0, 0.1) is 0 Å². The normalized spacial score (nSPS) is 14.5. The second-order valence-electron chi connectivity index (χ2n) is 9.84. The summed E-state index contributed by atoms with van der Waals surface area (Å²) in [6.07, 6.45) is 1.69. The predicted molar refractivity (Wildman–Crippen MR) is 143 cm³/mol. The number of ether oxygens (including phenoxy) is 1. The van der Waals surface area contributed by atoms with Gasteiger partial charge in [-0.1, -0.05) is 29.8 Å². The van der Waals surface area contributed by atoms with Gasteiger partial charge in [-0.2, -0.15) is 8.42 Å². The van der Waals surface area contributed by atoms with Crippen molar-refractivity contribution in [2.75, 3.05) is 35.8 Å². The molecule has 1 aliphatic rings. The Morgan fingerprint density at radius 1 is 0.972 bits per heavy atom. The van der Waals surface area contributed by atoms with Gasteiger partial charge in [-0.3, -0.25) is 13.4 Å². The minimum atomic E-state index is -3.59. The van der Waals surface area contributed by atoms with Crippen molar-refractivity contribution in [2.45, 2.75) is 52.1 Å². The Kier molecular flexibility index (Phi) is 8.56. The molecule has 0 aromatic heterocycles. The molecule has 0 N–H and O–H groups in total. The molecule has 0 saturated carbocycles. The minimum Gasteiger partial charge on any atom is -0.444 e. The van der Waals surface area contributed by atoms with E-state index >= 15 is 0 Å². The van der Waals surface area contributed by atoms with Gasteiger partial charge in [0.1, 0.15) is 5.60 Å². The van der Waals surface area contributed by atoms with E-state index in [9.17, 15) is 18.0 Å². The summed E-state index contributed by atoms with van der Waals surface area (Å²) in [6, 6.07) is 12.5. The van der Waals surface area contributed by atoms with Crippen molar-refractivity contribution < 1.29 is 22.7 Å². The number of carbonyl (C=O) groups is 2. The van der Waals surface area contributed by atoms with Crippen LogP contribution >= 0.6 is 11.6 Å². The monoisotopic (exact) mass is 535 g/mol. The summed E-state index contributed by atoms with van der Waals surface area (Å²) in [6.45, 7) is 6.38. The van der Waals surface area contributed by atoms with E-state index in [-0.39, 0.29) is 12.2 Å². The van der Waals surface area contributed by atoms with Gasteiger partial charge in [-0.05, 0) is 69.9 Å². The van der Waals surface area contributed by atoms with E-state index in [2.05, 4.69) is 0 Å². The van der Waals surface area contributed by atoms with Crippen LogP contribution < -0.4 is 8.61 Å². The molecule has 8 nitrogen and oxygen atoms in total. The lowest BCUT2D eigenvalue weighted by Crippen LogP contribution is -2.38. The second kappa shape index (κ2) is 11.1. The number of anilines is 2. The molecule has 3 rings (SSSR count). The van der Waals surface area contributed by atoms with Crippen molar-refractivity contribution in [1.82, 2.24) is 4.90 Å². The molecule has 2 aromatic rings. The molecule has 196 valence electrons. The van der Waals surface area contributed by atoms with Crippen LogP contribution in [0.4, 0.5) is 16.2 Å². The Morgan fingerprint density at radius 2 is 1.64 bits per heavy atom. The summed E-state index contributed by atoms with van der Waals surface area (Å²) in [4.78, 5) is 27.2. The van der Waals surface area contributed by atoms with Gasteiger partial charge in [0.05, 0.1) is 11.4 Å². The first kappa shape index (κ1) is 27.8. The van der Waals surface area contributed by atoms with Gasteiger partial charge in [0.25, 0.3) is 0 Å². The number of Topliss-reactive ketones (excluding diaryl/α,β-unsaturated/α-hetero) is 1. The molecular formula is C26H34ClN3O5S. The molecule has 1 aliphatic heterocycles. The highest BCUT2D eigenvalue weighted by atomic mass is 35.5. The molecule has 0 unspecified atom stereocenters. The average Bonchev–Trinajstić information content (AvgIpc) is 2.97. The number of hydrogen-bond acceptors (Lipinski definition) is 5. The Bertz CT molecular complexity index is 1230. The number of carbonyl (C=O) groups excluding carboxylic acids is 2. The Morgan fingerprint density at radius 3 is 2.31 bits per heavy atom. The molecule has 2 aromatic carbocycles. The van der Waals surface area contributed by atoms with Crippen molar-refractivity contribution in [1.29, 1.82) is 0 Å². The number of ketones is 1. The lowest BCUT2D eigenvalue weighted by Gasteiger charge is -2.27. The van der Waals surface area contributed by atoms with E-state index < -0.39 is 21.9 Å². The third-order valence-corrected chi connectivity index (χ3v) is 8.16. The molecule has 0 spiro atoms. The van der Waals surface area contributed by atoms with Gasteiger partial charge in [-0.15, -0.1) is 0 Å². The highest BCUT2D eigenvalue weighted by Crippen LogP contribution is 2.39. The zero-order chi connectivity index (χ0) is 26.7. The fraction of sp³-hybridized carbons (Fsp3) is 0.462. The average molecular weight is 536 g/mol. The molecule has 1 amide bonds. The minimum absolute atomic E-state index is 0.0713. The molecular weight excluding hydrogens is 502 g/mol.